The predicted octanol–water partition coefficient (Wildman–Crippen LogP) is 2.20. The van der Waals surface area contributed by atoms with Gasteiger partial charge in [-0.25, -0.2) is 4.79 Å². The Kier molecular flexibility index (Phi) is 7.34. The van der Waals surface area contributed by atoms with Crippen molar-refractivity contribution in [2.24, 2.45) is 5.92 Å². The number of rotatable bonds is 8. The van der Waals surface area contributed by atoms with Crippen molar-refractivity contribution in [3.63, 3.8) is 0 Å². The van der Waals surface area contributed by atoms with Gasteiger partial charge in [0.15, 0.2) is 0 Å². The molecule has 2 aromatic carbocycles. The number of carbonyl (C=O) groups excluding carboxylic acids is 3. The smallest absolute Gasteiger partial charge is 0.328 e. The lowest BCUT2D eigenvalue weighted by atomic mass is 10.0. The molecule has 0 aliphatic rings. The predicted molar refractivity (Wildman–Crippen MR) is 104 cm³/mol. The van der Waals surface area contributed by atoms with E-state index < -0.39 is 17.9 Å². The van der Waals surface area contributed by atoms with Crippen LogP contribution in [0.4, 0.5) is 0 Å². The van der Waals surface area contributed by atoms with E-state index in [2.05, 4.69) is 10.6 Å². The van der Waals surface area contributed by atoms with Gasteiger partial charge < -0.3 is 15.4 Å². The summed E-state index contributed by atoms with van der Waals surface area (Å²) in [7, 11) is 1.29. The molecule has 0 unspecified atom stereocenters. The molecule has 2 N–H and O–H groups in total. The number of nitrogens with one attached hydrogen (secondary N) is 2. The third kappa shape index (κ3) is 6.09. The second-order valence-corrected chi connectivity index (χ2v) is 6.86. The summed E-state index contributed by atoms with van der Waals surface area (Å²) in [4.78, 5) is 36.1. The molecule has 1 atom stereocenters. The molecule has 0 fully saturated rings. The molecule has 0 aliphatic heterocycles. The van der Waals surface area contributed by atoms with E-state index >= 15 is 0 Å². The number of carbonyl (C=O) groups is 3. The van der Waals surface area contributed by atoms with Crippen molar-refractivity contribution in [1.29, 1.82) is 0 Å². The van der Waals surface area contributed by atoms with Crippen molar-refractivity contribution >= 4 is 28.6 Å². The zero-order valence-electron chi connectivity index (χ0n) is 16.0. The Bertz CT molecular complexity index is 811. The lowest BCUT2D eigenvalue weighted by Crippen LogP contribution is -2.46. The van der Waals surface area contributed by atoms with E-state index in [1.54, 1.807) is 0 Å². The van der Waals surface area contributed by atoms with E-state index in [0.717, 1.165) is 16.3 Å². The summed E-state index contributed by atoms with van der Waals surface area (Å²) in [5.74, 6) is -0.938. The highest BCUT2D eigenvalue weighted by Crippen LogP contribution is 2.18. The van der Waals surface area contributed by atoms with Gasteiger partial charge >= 0.3 is 5.97 Å². The van der Waals surface area contributed by atoms with Crippen LogP contribution in [-0.2, 0) is 25.5 Å². The van der Waals surface area contributed by atoms with Gasteiger partial charge in [-0.15, -0.1) is 0 Å². The molecule has 0 bridgehead atoms. The van der Waals surface area contributed by atoms with Crippen molar-refractivity contribution in [1.82, 2.24) is 10.6 Å². The molecule has 2 aromatic rings. The fourth-order valence-corrected chi connectivity index (χ4v) is 2.93. The second kappa shape index (κ2) is 9.71. The largest absolute Gasteiger partial charge is 0.467 e. The summed E-state index contributed by atoms with van der Waals surface area (Å²) < 4.78 is 4.72. The zero-order valence-corrected chi connectivity index (χ0v) is 16.0. The van der Waals surface area contributed by atoms with Crippen LogP contribution in [0.15, 0.2) is 42.5 Å². The highest BCUT2D eigenvalue weighted by atomic mass is 16.5. The minimum absolute atomic E-state index is 0.182. The second-order valence-electron chi connectivity index (χ2n) is 6.86. The number of amides is 2. The molecular formula is C21H26N2O4. The molecule has 0 saturated heterocycles. The molecule has 0 heterocycles. The van der Waals surface area contributed by atoms with Crippen LogP contribution in [0.2, 0.25) is 0 Å². The van der Waals surface area contributed by atoms with E-state index in [-0.39, 0.29) is 24.8 Å². The van der Waals surface area contributed by atoms with Crippen LogP contribution >= 0.6 is 0 Å². The number of hydrogen-bond donors (Lipinski definition) is 2. The molecule has 2 rings (SSSR count). The average molecular weight is 370 g/mol. The Hall–Kier alpha value is -2.89. The Morgan fingerprint density at radius 3 is 2.41 bits per heavy atom. The fourth-order valence-electron chi connectivity index (χ4n) is 2.93. The van der Waals surface area contributed by atoms with Gasteiger partial charge in [0.2, 0.25) is 11.8 Å². The van der Waals surface area contributed by atoms with Crippen LogP contribution in [0.25, 0.3) is 10.8 Å². The zero-order chi connectivity index (χ0) is 19.8. The number of fused-ring (bicyclic) bond motifs is 1. The van der Waals surface area contributed by atoms with Crippen LogP contribution in [0.1, 0.15) is 25.8 Å². The van der Waals surface area contributed by atoms with Crippen molar-refractivity contribution in [3.8, 4) is 0 Å². The fraction of sp³-hybridized carbons (Fsp3) is 0.381. The highest BCUT2D eigenvalue weighted by molar-refractivity contribution is 5.92. The van der Waals surface area contributed by atoms with E-state index in [1.807, 2.05) is 56.3 Å². The maximum atomic E-state index is 12.2. The third-order valence-corrected chi connectivity index (χ3v) is 4.21. The topological polar surface area (TPSA) is 84.5 Å². The van der Waals surface area contributed by atoms with Gasteiger partial charge in [0.1, 0.15) is 6.04 Å². The molecule has 144 valence electrons. The van der Waals surface area contributed by atoms with Crippen molar-refractivity contribution < 1.29 is 19.1 Å². The Morgan fingerprint density at radius 2 is 1.70 bits per heavy atom. The van der Waals surface area contributed by atoms with E-state index in [1.165, 1.54) is 7.11 Å². The Balaban J connectivity index is 1.90. The monoisotopic (exact) mass is 370 g/mol. The quantitative estimate of drug-likeness (QED) is 0.698. The molecule has 27 heavy (non-hydrogen) atoms. The first-order valence-electron chi connectivity index (χ1n) is 9.01. The molecule has 0 radical (unpaired) electrons. The summed E-state index contributed by atoms with van der Waals surface area (Å²) in [6.45, 7) is 3.72. The molecule has 2 amide bonds. The van der Waals surface area contributed by atoms with Crippen molar-refractivity contribution in [3.05, 3.63) is 48.0 Å². The summed E-state index contributed by atoms with van der Waals surface area (Å²) in [6, 6.07) is 12.9. The molecular weight excluding hydrogens is 344 g/mol. The molecule has 6 nitrogen and oxygen atoms in total. The third-order valence-electron chi connectivity index (χ3n) is 4.21. The Morgan fingerprint density at radius 1 is 1.00 bits per heavy atom. The van der Waals surface area contributed by atoms with Crippen LogP contribution in [0, 0.1) is 5.92 Å². The maximum absolute atomic E-state index is 12.2. The van der Waals surface area contributed by atoms with Crippen LogP contribution < -0.4 is 10.6 Å². The summed E-state index contributed by atoms with van der Waals surface area (Å²) in [5.41, 5.74) is 0.901. The average Bonchev–Trinajstić information content (AvgIpc) is 2.65. The Labute approximate surface area is 159 Å². The normalized spacial score (nSPS) is 11.9. The van der Waals surface area contributed by atoms with Crippen molar-refractivity contribution in [2.75, 3.05) is 13.7 Å². The van der Waals surface area contributed by atoms with Crippen LogP contribution in [0.3, 0.4) is 0 Å². The minimum atomic E-state index is -0.711. The van der Waals surface area contributed by atoms with Gasteiger partial charge in [-0.05, 0) is 28.7 Å². The minimum Gasteiger partial charge on any atom is -0.467 e. The van der Waals surface area contributed by atoms with Gasteiger partial charge in [-0.1, -0.05) is 56.3 Å². The number of benzene rings is 2. The lowest BCUT2D eigenvalue weighted by molar-refractivity contribution is -0.145. The van der Waals surface area contributed by atoms with Crippen LogP contribution in [-0.4, -0.2) is 37.5 Å². The number of hydrogen-bond acceptors (Lipinski definition) is 4. The highest BCUT2D eigenvalue weighted by Gasteiger charge is 2.22. The standard InChI is InChI=1S/C21H26N2O4/c1-14(2)11-18(21(26)27-3)23-20(25)13-22-19(24)12-16-9-6-8-15-7-4-5-10-17(15)16/h4-10,14,18H,11-13H2,1-3H3,(H,22,24)(H,23,25)/t18-/m1/s1. The first-order chi connectivity index (χ1) is 12.9. The number of methoxy groups -OCH3 is 1. The summed E-state index contributed by atoms with van der Waals surface area (Å²) in [6.07, 6.45) is 0.656. The van der Waals surface area contributed by atoms with Gasteiger partial charge in [0.05, 0.1) is 20.1 Å². The van der Waals surface area contributed by atoms with Crippen molar-refractivity contribution in [2.45, 2.75) is 32.7 Å². The lowest BCUT2D eigenvalue weighted by Gasteiger charge is -2.18. The van der Waals surface area contributed by atoms with Gasteiger partial charge in [-0.3, -0.25) is 9.59 Å². The molecule has 0 spiro atoms. The number of esters is 1. The SMILES string of the molecule is COC(=O)[C@@H](CC(C)C)NC(=O)CNC(=O)Cc1cccc2ccccc12. The first-order valence-corrected chi connectivity index (χ1v) is 9.01. The van der Waals surface area contributed by atoms with Gasteiger partial charge in [0.25, 0.3) is 0 Å². The maximum Gasteiger partial charge on any atom is 0.328 e. The molecule has 0 aromatic heterocycles. The number of ether oxygens (including phenoxy) is 1. The molecule has 0 aliphatic carbocycles. The van der Waals surface area contributed by atoms with E-state index in [0.29, 0.717) is 6.42 Å². The van der Waals surface area contributed by atoms with Crippen LogP contribution in [0.5, 0.6) is 0 Å². The summed E-state index contributed by atoms with van der Waals surface area (Å²) in [5, 5.41) is 7.31. The first kappa shape index (κ1) is 20.4. The molecule has 6 heteroatoms. The van der Waals surface area contributed by atoms with Gasteiger partial charge in [-0.2, -0.15) is 0 Å². The molecule has 0 saturated carbocycles. The van der Waals surface area contributed by atoms with E-state index in [9.17, 15) is 14.4 Å². The van der Waals surface area contributed by atoms with E-state index in [4.69, 9.17) is 4.74 Å². The van der Waals surface area contributed by atoms with Gasteiger partial charge in [0, 0.05) is 0 Å². The summed E-state index contributed by atoms with van der Waals surface area (Å²) >= 11 is 0.